The van der Waals surface area contributed by atoms with Crippen LogP contribution in [-0.2, 0) is 10.5 Å². The monoisotopic (exact) mass is 321 g/mol. The van der Waals surface area contributed by atoms with Gasteiger partial charge in [-0.2, -0.15) is 11.8 Å². The van der Waals surface area contributed by atoms with Crippen LogP contribution in [0.3, 0.4) is 0 Å². The van der Waals surface area contributed by atoms with E-state index in [0.29, 0.717) is 17.1 Å². The Morgan fingerprint density at radius 1 is 1.19 bits per heavy atom. The van der Waals surface area contributed by atoms with Crippen LogP contribution >= 0.6 is 23.4 Å². The molecule has 0 aromatic heterocycles. The maximum Gasteiger partial charge on any atom is 0.225 e. The molecular formula is C16H16ClNO2S. The quantitative estimate of drug-likeness (QED) is 0.616. The zero-order valence-corrected chi connectivity index (χ0v) is 13.0. The topological polar surface area (TPSA) is 49.3 Å². The van der Waals surface area contributed by atoms with Gasteiger partial charge in [0.2, 0.25) is 5.91 Å². The summed E-state index contributed by atoms with van der Waals surface area (Å²) in [4.78, 5) is 11.8. The molecule has 0 aliphatic rings. The minimum atomic E-state index is -0.131. The molecule has 0 radical (unpaired) electrons. The summed E-state index contributed by atoms with van der Waals surface area (Å²) in [6.45, 7) is 0. The normalized spacial score (nSPS) is 10.3. The number of phenolic OH excluding ortho intramolecular Hbond substituents is 1. The van der Waals surface area contributed by atoms with E-state index >= 15 is 0 Å². The van der Waals surface area contributed by atoms with Crippen molar-refractivity contribution in [1.29, 1.82) is 0 Å². The molecule has 0 bridgehead atoms. The Labute approximate surface area is 133 Å². The fraction of sp³-hybridized carbons (Fsp3) is 0.188. The van der Waals surface area contributed by atoms with E-state index in [9.17, 15) is 9.90 Å². The van der Waals surface area contributed by atoms with E-state index in [1.54, 1.807) is 17.8 Å². The summed E-state index contributed by atoms with van der Waals surface area (Å²) in [6.07, 6.45) is 0.392. The molecule has 0 saturated carbocycles. The van der Waals surface area contributed by atoms with Crippen LogP contribution in [0.4, 0.5) is 5.69 Å². The number of carbonyl (C=O) groups excluding carboxylic acids is 1. The average Bonchev–Trinajstić information content (AvgIpc) is 2.48. The van der Waals surface area contributed by atoms with E-state index in [2.05, 4.69) is 17.4 Å². The lowest BCUT2D eigenvalue weighted by Gasteiger charge is -2.07. The van der Waals surface area contributed by atoms with E-state index in [4.69, 9.17) is 11.6 Å². The van der Waals surface area contributed by atoms with Crippen molar-refractivity contribution in [3.63, 3.8) is 0 Å². The molecule has 2 N–H and O–H groups in total. The first kappa shape index (κ1) is 15.7. The average molecular weight is 322 g/mol. The number of thioether (sulfide) groups is 1. The molecule has 0 saturated heterocycles. The number of halogens is 1. The molecular weight excluding hydrogens is 306 g/mol. The Balaban J connectivity index is 1.74. The lowest BCUT2D eigenvalue weighted by molar-refractivity contribution is -0.115. The summed E-state index contributed by atoms with van der Waals surface area (Å²) in [7, 11) is 0. The molecule has 21 heavy (non-hydrogen) atoms. The van der Waals surface area contributed by atoms with Crippen molar-refractivity contribution in [2.75, 3.05) is 11.1 Å². The predicted octanol–water partition coefficient (Wildman–Crippen LogP) is 4.31. The van der Waals surface area contributed by atoms with Gasteiger partial charge in [0.1, 0.15) is 5.75 Å². The SMILES string of the molecule is O=C(CCSCc1ccccc1)Nc1cc(Cl)ccc1O. The Kier molecular flexibility index (Phi) is 5.96. The van der Waals surface area contributed by atoms with Crippen molar-refractivity contribution in [1.82, 2.24) is 0 Å². The van der Waals surface area contributed by atoms with Crippen molar-refractivity contribution in [3.05, 3.63) is 59.1 Å². The zero-order chi connectivity index (χ0) is 15.1. The third-order valence-corrected chi connectivity index (χ3v) is 4.08. The summed E-state index contributed by atoms with van der Waals surface area (Å²) in [5, 5.41) is 12.8. The number of amides is 1. The van der Waals surface area contributed by atoms with Gasteiger partial charge in [0.15, 0.2) is 0 Å². The highest BCUT2D eigenvalue weighted by Crippen LogP contribution is 2.26. The minimum Gasteiger partial charge on any atom is -0.506 e. The molecule has 2 aromatic rings. The maximum atomic E-state index is 11.8. The van der Waals surface area contributed by atoms with Gasteiger partial charge < -0.3 is 10.4 Å². The maximum absolute atomic E-state index is 11.8. The van der Waals surface area contributed by atoms with Gasteiger partial charge in [-0.15, -0.1) is 0 Å². The van der Waals surface area contributed by atoms with Gasteiger partial charge in [-0.3, -0.25) is 4.79 Å². The number of hydrogen-bond donors (Lipinski definition) is 2. The van der Waals surface area contributed by atoms with Crippen LogP contribution in [0.25, 0.3) is 0 Å². The minimum absolute atomic E-state index is 0.0182. The van der Waals surface area contributed by atoms with Crippen molar-refractivity contribution >= 4 is 35.0 Å². The van der Waals surface area contributed by atoms with E-state index in [1.165, 1.54) is 17.7 Å². The largest absolute Gasteiger partial charge is 0.506 e. The number of carbonyl (C=O) groups is 1. The highest BCUT2D eigenvalue weighted by atomic mass is 35.5. The van der Waals surface area contributed by atoms with Crippen molar-refractivity contribution < 1.29 is 9.90 Å². The van der Waals surface area contributed by atoms with Gasteiger partial charge in [0, 0.05) is 22.9 Å². The number of nitrogens with one attached hydrogen (secondary N) is 1. The second kappa shape index (κ2) is 7.96. The molecule has 0 unspecified atom stereocenters. The van der Waals surface area contributed by atoms with Crippen LogP contribution < -0.4 is 5.32 Å². The first-order valence-electron chi connectivity index (χ1n) is 6.55. The first-order chi connectivity index (χ1) is 10.1. The van der Waals surface area contributed by atoms with Crippen LogP contribution in [0.15, 0.2) is 48.5 Å². The van der Waals surface area contributed by atoms with Crippen molar-refractivity contribution in [2.24, 2.45) is 0 Å². The lowest BCUT2D eigenvalue weighted by atomic mass is 10.2. The first-order valence-corrected chi connectivity index (χ1v) is 8.08. The molecule has 0 aliphatic carbocycles. The van der Waals surface area contributed by atoms with Gasteiger partial charge in [-0.25, -0.2) is 0 Å². The van der Waals surface area contributed by atoms with Crippen LogP contribution in [0, 0.1) is 0 Å². The Hall–Kier alpha value is -1.65. The molecule has 0 spiro atoms. The van der Waals surface area contributed by atoms with Gasteiger partial charge in [-0.05, 0) is 23.8 Å². The number of benzene rings is 2. The Morgan fingerprint density at radius 3 is 2.71 bits per heavy atom. The van der Waals surface area contributed by atoms with Crippen LogP contribution in [-0.4, -0.2) is 16.8 Å². The summed E-state index contributed by atoms with van der Waals surface area (Å²) in [6, 6.07) is 14.7. The standard InChI is InChI=1S/C16H16ClNO2S/c17-13-6-7-15(19)14(10-13)18-16(20)8-9-21-11-12-4-2-1-3-5-12/h1-7,10,19H,8-9,11H2,(H,18,20). The second-order valence-electron chi connectivity index (χ2n) is 4.50. The van der Waals surface area contributed by atoms with E-state index < -0.39 is 0 Å². The third kappa shape index (κ3) is 5.33. The third-order valence-electron chi connectivity index (χ3n) is 2.82. The van der Waals surface area contributed by atoms with E-state index in [0.717, 1.165) is 11.5 Å². The number of aromatic hydroxyl groups is 1. The molecule has 0 fully saturated rings. The summed E-state index contributed by atoms with van der Waals surface area (Å²) < 4.78 is 0. The molecule has 2 rings (SSSR count). The predicted molar refractivity (Wildman–Crippen MR) is 89.0 cm³/mol. The van der Waals surface area contributed by atoms with Gasteiger partial charge in [0.05, 0.1) is 5.69 Å². The van der Waals surface area contributed by atoms with Gasteiger partial charge >= 0.3 is 0 Å². The molecule has 3 nitrogen and oxygen atoms in total. The molecule has 0 heterocycles. The lowest BCUT2D eigenvalue weighted by Crippen LogP contribution is -2.12. The van der Waals surface area contributed by atoms with Crippen LogP contribution in [0.2, 0.25) is 5.02 Å². The summed E-state index contributed by atoms with van der Waals surface area (Å²) in [5.41, 5.74) is 1.59. The smallest absolute Gasteiger partial charge is 0.225 e. The summed E-state index contributed by atoms with van der Waals surface area (Å²) in [5.74, 6) is 1.50. The second-order valence-corrected chi connectivity index (χ2v) is 6.04. The number of anilines is 1. The van der Waals surface area contributed by atoms with Crippen molar-refractivity contribution in [2.45, 2.75) is 12.2 Å². The molecule has 2 aromatic carbocycles. The Morgan fingerprint density at radius 2 is 1.95 bits per heavy atom. The van der Waals surface area contributed by atoms with E-state index in [1.807, 2.05) is 18.2 Å². The van der Waals surface area contributed by atoms with Crippen molar-refractivity contribution in [3.8, 4) is 5.75 Å². The number of rotatable bonds is 6. The van der Waals surface area contributed by atoms with Crippen LogP contribution in [0.1, 0.15) is 12.0 Å². The number of phenols is 1. The summed E-state index contributed by atoms with van der Waals surface area (Å²) >= 11 is 7.53. The molecule has 5 heteroatoms. The molecule has 110 valence electrons. The zero-order valence-electron chi connectivity index (χ0n) is 11.4. The fourth-order valence-corrected chi connectivity index (χ4v) is 2.82. The Bertz CT molecular complexity index is 604. The fourth-order valence-electron chi connectivity index (χ4n) is 1.75. The molecule has 1 amide bonds. The molecule has 0 aliphatic heterocycles. The van der Waals surface area contributed by atoms with Gasteiger partial charge in [-0.1, -0.05) is 41.9 Å². The molecule has 0 atom stereocenters. The number of hydrogen-bond acceptors (Lipinski definition) is 3. The highest BCUT2D eigenvalue weighted by Gasteiger charge is 2.07. The van der Waals surface area contributed by atoms with Crippen LogP contribution in [0.5, 0.6) is 5.75 Å². The van der Waals surface area contributed by atoms with E-state index in [-0.39, 0.29) is 11.7 Å². The van der Waals surface area contributed by atoms with Gasteiger partial charge in [0.25, 0.3) is 0 Å². The highest BCUT2D eigenvalue weighted by molar-refractivity contribution is 7.98.